The number of carbonyl (C=O) groups excluding carboxylic acids is 1. The van der Waals surface area contributed by atoms with Crippen molar-refractivity contribution in [2.45, 2.75) is 25.2 Å². The van der Waals surface area contributed by atoms with Gasteiger partial charge in [-0.1, -0.05) is 104 Å². The molecule has 0 radical (unpaired) electrons. The molecule has 0 aliphatic carbocycles. The fraction of sp³-hybridized carbons (Fsp3) is 0.174. The van der Waals surface area contributed by atoms with Gasteiger partial charge in [-0.15, -0.1) is 0 Å². The van der Waals surface area contributed by atoms with E-state index in [1.807, 2.05) is 43.3 Å². The first kappa shape index (κ1) is 17.5. The molecule has 0 fully saturated rings. The van der Waals surface area contributed by atoms with Crippen molar-refractivity contribution in [3.05, 3.63) is 78.9 Å². The second-order valence-electron chi connectivity index (χ2n) is 6.14. The predicted molar refractivity (Wildman–Crippen MR) is 108 cm³/mol. The number of thioether (sulfide) groups is 1. The Kier molecular flexibility index (Phi) is 5.72. The molecule has 0 spiro atoms. The van der Waals surface area contributed by atoms with Gasteiger partial charge in [0.15, 0.2) is 5.12 Å². The summed E-state index contributed by atoms with van der Waals surface area (Å²) in [6.07, 6.45) is 0.861. The highest BCUT2D eigenvalue weighted by Gasteiger charge is 2.19. The molecule has 25 heavy (non-hydrogen) atoms. The summed E-state index contributed by atoms with van der Waals surface area (Å²) in [5.74, 6) is 0.0532. The molecule has 0 aromatic heterocycles. The lowest BCUT2D eigenvalue weighted by Gasteiger charge is -2.16. The van der Waals surface area contributed by atoms with Gasteiger partial charge in [-0.2, -0.15) is 0 Å². The predicted octanol–water partition coefficient (Wildman–Crippen LogP) is 6.69. The molecule has 1 atom stereocenters. The van der Waals surface area contributed by atoms with Gasteiger partial charge >= 0.3 is 0 Å². The minimum Gasteiger partial charge on any atom is -0.287 e. The maximum absolute atomic E-state index is 12.7. The average molecular weight is 346 g/mol. The Hall–Kier alpha value is -2.32. The van der Waals surface area contributed by atoms with Crippen molar-refractivity contribution in [2.24, 2.45) is 5.92 Å². The van der Waals surface area contributed by atoms with Crippen LogP contribution in [0.3, 0.4) is 0 Å². The Morgan fingerprint density at radius 1 is 0.800 bits per heavy atom. The van der Waals surface area contributed by atoms with E-state index >= 15 is 0 Å². The number of carbonyl (C=O) groups is 1. The number of hydrogen-bond acceptors (Lipinski definition) is 2. The summed E-state index contributed by atoms with van der Waals surface area (Å²) in [4.78, 5) is 13.7. The van der Waals surface area contributed by atoms with Crippen LogP contribution >= 0.6 is 11.8 Å². The van der Waals surface area contributed by atoms with E-state index in [1.165, 1.54) is 11.8 Å². The van der Waals surface area contributed by atoms with Crippen LogP contribution in [0.25, 0.3) is 22.3 Å². The van der Waals surface area contributed by atoms with Crippen LogP contribution in [0.5, 0.6) is 0 Å². The van der Waals surface area contributed by atoms with Crippen molar-refractivity contribution in [2.75, 3.05) is 0 Å². The summed E-state index contributed by atoms with van der Waals surface area (Å²) in [5, 5.41) is 0.225. The zero-order valence-electron chi connectivity index (χ0n) is 14.6. The second-order valence-corrected chi connectivity index (χ2v) is 7.16. The molecule has 1 unspecified atom stereocenters. The lowest BCUT2D eigenvalue weighted by molar-refractivity contribution is -0.113. The molecule has 0 saturated carbocycles. The molecule has 0 aliphatic heterocycles. The topological polar surface area (TPSA) is 17.1 Å². The molecule has 3 aromatic carbocycles. The van der Waals surface area contributed by atoms with Gasteiger partial charge in [0.25, 0.3) is 0 Å². The first-order chi connectivity index (χ1) is 12.2. The SMILES string of the molecule is CCC(C)C(=O)Sc1c(-c2ccccc2)cccc1-c1ccccc1. The fourth-order valence-electron chi connectivity index (χ4n) is 2.70. The Morgan fingerprint density at radius 3 is 1.72 bits per heavy atom. The van der Waals surface area contributed by atoms with E-state index in [1.54, 1.807) is 0 Å². The molecule has 3 aromatic rings. The zero-order chi connectivity index (χ0) is 17.6. The monoisotopic (exact) mass is 346 g/mol. The lowest BCUT2D eigenvalue weighted by atomic mass is 9.99. The van der Waals surface area contributed by atoms with Gasteiger partial charge in [-0.25, -0.2) is 0 Å². The second kappa shape index (κ2) is 8.17. The third-order valence-electron chi connectivity index (χ3n) is 4.40. The Balaban J connectivity index is 2.14. The first-order valence-corrected chi connectivity index (χ1v) is 9.48. The van der Waals surface area contributed by atoms with Crippen molar-refractivity contribution in [3.8, 4) is 22.3 Å². The number of rotatable bonds is 5. The molecule has 126 valence electrons. The van der Waals surface area contributed by atoms with E-state index in [0.717, 1.165) is 33.6 Å². The molecule has 1 nitrogen and oxygen atoms in total. The fourth-order valence-corrected chi connectivity index (χ4v) is 3.87. The average Bonchev–Trinajstić information content (AvgIpc) is 2.68. The largest absolute Gasteiger partial charge is 0.287 e. The maximum Gasteiger partial charge on any atom is 0.196 e. The van der Waals surface area contributed by atoms with Gasteiger partial charge in [0, 0.05) is 10.8 Å². The van der Waals surface area contributed by atoms with E-state index in [4.69, 9.17) is 0 Å². The molecule has 2 heteroatoms. The summed E-state index contributed by atoms with van der Waals surface area (Å²) >= 11 is 1.38. The van der Waals surface area contributed by atoms with Gasteiger partial charge < -0.3 is 0 Å². The van der Waals surface area contributed by atoms with Gasteiger partial charge in [-0.3, -0.25) is 4.79 Å². The van der Waals surface area contributed by atoms with Gasteiger partial charge in [0.05, 0.1) is 0 Å². The molecule has 0 N–H and O–H groups in total. The number of benzene rings is 3. The summed E-state index contributed by atoms with van der Waals surface area (Å²) in [7, 11) is 0. The highest BCUT2D eigenvalue weighted by molar-refractivity contribution is 8.13. The van der Waals surface area contributed by atoms with Crippen molar-refractivity contribution in [1.29, 1.82) is 0 Å². The van der Waals surface area contributed by atoms with Crippen LogP contribution in [0, 0.1) is 5.92 Å². The van der Waals surface area contributed by atoms with Gasteiger partial charge in [-0.05, 0) is 28.7 Å². The third-order valence-corrected chi connectivity index (χ3v) is 5.65. The standard InChI is InChI=1S/C23H22OS/c1-3-17(2)23(24)25-22-20(18-11-6-4-7-12-18)15-10-16-21(22)19-13-8-5-9-14-19/h4-17H,3H2,1-2H3. The zero-order valence-corrected chi connectivity index (χ0v) is 15.4. The Morgan fingerprint density at radius 2 is 1.28 bits per heavy atom. The van der Waals surface area contributed by atoms with Crippen molar-refractivity contribution >= 4 is 16.9 Å². The molecule has 0 amide bonds. The molecule has 0 heterocycles. The normalized spacial score (nSPS) is 11.9. The van der Waals surface area contributed by atoms with Crippen LogP contribution in [-0.4, -0.2) is 5.12 Å². The number of hydrogen-bond donors (Lipinski definition) is 0. The van der Waals surface area contributed by atoms with E-state index < -0.39 is 0 Å². The Bertz CT molecular complexity index is 783. The third kappa shape index (κ3) is 4.02. The van der Waals surface area contributed by atoms with Crippen LogP contribution in [0.4, 0.5) is 0 Å². The van der Waals surface area contributed by atoms with Crippen LogP contribution in [0.2, 0.25) is 0 Å². The van der Waals surface area contributed by atoms with E-state index in [0.29, 0.717) is 0 Å². The van der Waals surface area contributed by atoms with E-state index in [2.05, 4.69) is 49.4 Å². The Labute approximate surface area is 154 Å². The summed E-state index contributed by atoms with van der Waals surface area (Å²) in [6.45, 7) is 4.06. The minimum absolute atomic E-state index is 0.0532. The molecule has 3 rings (SSSR count). The lowest BCUT2D eigenvalue weighted by Crippen LogP contribution is -2.05. The van der Waals surface area contributed by atoms with Gasteiger partial charge in [0.1, 0.15) is 0 Å². The van der Waals surface area contributed by atoms with Gasteiger partial charge in [0.2, 0.25) is 0 Å². The van der Waals surface area contributed by atoms with Crippen molar-refractivity contribution in [1.82, 2.24) is 0 Å². The van der Waals surface area contributed by atoms with Crippen LogP contribution in [0.1, 0.15) is 20.3 Å². The van der Waals surface area contributed by atoms with Crippen LogP contribution < -0.4 is 0 Å². The smallest absolute Gasteiger partial charge is 0.196 e. The highest BCUT2D eigenvalue weighted by atomic mass is 32.2. The molecular formula is C23H22OS. The first-order valence-electron chi connectivity index (χ1n) is 8.66. The summed E-state index contributed by atoms with van der Waals surface area (Å²) < 4.78 is 0. The minimum atomic E-state index is 0.0532. The molecule has 0 saturated heterocycles. The molecular weight excluding hydrogens is 324 g/mol. The maximum atomic E-state index is 12.7. The van der Waals surface area contributed by atoms with Crippen LogP contribution in [-0.2, 0) is 4.79 Å². The molecule has 0 bridgehead atoms. The molecule has 0 aliphatic rings. The highest BCUT2D eigenvalue weighted by Crippen LogP contribution is 2.40. The summed E-state index contributed by atoms with van der Waals surface area (Å²) in [6, 6.07) is 26.9. The quantitative estimate of drug-likeness (QED) is 0.479. The van der Waals surface area contributed by atoms with E-state index in [9.17, 15) is 4.79 Å². The van der Waals surface area contributed by atoms with Crippen LogP contribution in [0.15, 0.2) is 83.8 Å². The van der Waals surface area contributed by atoms with Crippen molar-refractivity contribution in [3.63, 3.8) is 0 Å². The summed E-state index contributed by atoms with van der Waals surface area (Å²) in [5.41, 5.74) is 4.51. The van der Waals surface area contributed by atoms with E-state index in [-0.39, 0.29) is 11.0 Å². The van der Waals surface area contributed by atoms with Crippen molar-refractivity contribution < 1.29 is 4.79 Å².